The molecule has 0 aliphatic heterocycles. The molecule has 19 heavy (non-hydrogen) atoms. The maximum absolute atomic E-state index is 5.97. The number of thiophene rings is 1. The SMILES string of the molecule is CCNCc1cccc(Br)c1OCc1cc(Br)cs1. The molecule has 0 amide bonds. The van der Waals surface area contributed by atoms with Crippen molar-refractivity contribution in [2.24, 2.45) is 0 Å². The van der Waals surface area contributed by atoms with Crippen LogP contribution in [0.4, 0.5) is 0 Å². The van der Waals surface area contributed by atoms with E-state index in [4.69, 9.17) is 4.74 Å². The van der Waals surface area contributed by atoms with Crippen LogP contribution in [0.5, 0.6) is 5.75 Å². The molecule has 0 aliphatic rings. The van der Waals surface area contributed by atoms with Gasteiger partial charge in [-0.2, -0.15) is 0 Å². The summed E-state index contributed by atoms with van der Waals surface area (Å²) in [6.07, 6.45) is 0. The second kappa shape index (κ2) is 7.43. The van der Waals surface area contributed by atoms with Crippen LogP contribution in [0, 0.1) is 0 Å². The molecule has 0 saturated heterocycles. The van der Waals surface area contributed by atoms with Crippen LogP contribution in [0.2, 0.25) is 0 Å². The molecule has 5 heteroatoms. The van der Waals surface area contributed by atoms with E-state index in [-0.39, 0.29) is 0 Å². The minimum absolute atomic E-state index is 0.595. The molecular weight excluding hydrogens is 390 g/mol. The van der Waals surface area contributed by atoms with E-state index in [1.54, 1.807) is 11.3 Å². The van der Waals surface area contributed by atoms with Gasteiger partial charge in [0, 0.05) is 26.8 Å². The smallest absolute Gasteiger partial charge is 0.138 e. The normalized spacial score (nSPS) is 10.7. The molecule has 1 aromatic heterocycles. The Kier molecular flexibility index (Phi) is 5.88. The van der Waals surface area contributed by atoms with Crippen LogP contribution in [0.1, 0.15) is 17.4 Å². The maximum Gasteiger partial charge on any atom is 0.138 e. The summed E-state index contributed by atoms with van der Waals surface area (Å²) in [6, 6.07) is 8.22. The van der Waals surface area contributed by atoms with Crippen LogP contribution in [0.3, 0.4) is 0 Å². The Labute approximate surface area is 134 Å². The molecule has 2 nitrogen and oxygen atoms in total. The summed E-state index contributed by atoms with van der Waals surface area (Å²) in [6.45, 7) is 4.46. The number of ether oxygens (including phenoxy) is 1. The van der Waals surface area contributed by atoms with Gasteiger partial charge in [0.1, 0.15) is 12.4 Å². The topological polar surface area (TPSA) is 21.3 Å². The molecule has 0 atom stereocenters. The highest BCUT2D eigenvalue weighted by atomic mass is 79.9. The number of nitrogens with one attached hydrogen (secondary N) is 1. The van der Waals surface area contributed by atoms with Crippen molar-refractivity contribution in [2.75, 3.05) is 6.54 Å². The molecule has 0 fully saturated rings. The van der Waals surface area contributed by atoms with Gasteiger partial charge in [-0.15, -0.1) is 11.3 Å². The third kappa shape index (κ3) is 4.31. The Balaban J connectivity index is 2.09. The Hall–Kier alpha value is -0.360. The zero-order valence-corrected chi connectivity index (χ0v) is 14.6. The molecule has 2 rings (SSSR count). The lowest BCUT2D eigenvalue weighted by molar-refractivity contribution is 0.303. The van der Waals surface area contributed by atoms with Crippen molar-refractivity contribution in [3.63, 3.8) is 0 Å². The van der Waals surface area contributed by atoms with Crippen molar-refractivity contribution in [3.8, 4) is 5.75 Å². The first-order chi connectivity index (χ1) is 9.20. The van der Waals surface area contributed by atoms with Gasteiger partial charge < -0.3 is 10.1 Å². The van der Waals surface area contributed by atoms with Gasteiger partial charge in [0.15, 0.2) is 0 Å². The molecule has 2 aromatic rings. The lowest BCUT2D eigenvalue weighted by Gasteiger charge is -2.13. The molecule has 1 heterocycles. The fourth-order valence-electron chi connectivity index (χ4n) is 1.69. The first-order valence-electron chi connectivity index (χ1n) is 6.04. The summed E-state index contributed by atoms with van der Waals surface area (Å²) >= 11 is 8.71. The van der Waals surface area contributed by atoms with Crippen molar-refractivity contribution in [1.82, 2.24) is 5.32 Å². The van der Waals surface area contributed by atoms with E-state index >= 15 is 0 Å². The molecule has 0 aliphatic carbocycles. The summed E-state index contributed by atoms with van der Waals surface area (Å²) < 4.78 is 8.07. The second-order valence-electron chi connectivity index (χ2n) is 4.03. The fraction of sp³-hybridized carbons (Fsp3) is 0.286. The average molecular weight is 405 g/mol. The van der Waals surface area contributed by atoms with E-state index in [0.717, 1.165) is 27.8 Å². The van der Waals surface area contributed by atoms with Gasteiger partial charge in [-0.3, -0.25) is 0 Å². The quantitative estimate of drug-likeness (QED) is 0.734. The first kappa shape index (κ1) is 15.0. The van der Waals surface area contributed by atoms with Crippen molar-refractivity contribution in [3.05, 3.63) is 49.0 Å². The molecule has 0 bridgehead atoms. The summed E-state index contributed by atoms with van der Waals surface area (Å²) in [5.74, 6) is 0.924. The minimum Gasteiger partial charge on any atom is -0.487 e. The number of rotatable bonds is 6. The predicted octanol–water partition coefficient (Wildman–Crippen LogP) is 4.96. The summed E-state index contributed by atoms with van der Waals surface area (Å²) in [4.78, 5) is 1.21. The Bertz CT molecular complexity index is 542. The standard InChI is InChI=1S/C14H15Br2NOS/c1-2-17-7-10-4-3-5-13(16)14(10)18-8-12-6-11(15)9-19-12/h3-6,9,17H,2,7-8H2,1H3. The molecule has 0 unspecified atom stereocenters. The lowest BCUT2D eigenvalue weighted by atomic mass is 10.2. The van der Waals surface area contributed by atoms with Crippen LogP contribution in [-0.4, -0.2) is 6.54 Å². The summed E-state index contributed by atoms with van der Waals surface area (Å²) in [5, 5.41) is 5.40. The van der Waals surface area contributed by atoms with Crippen molar-refractivity contribution < 1.29 is 4.74 Å². The zero-order valence-electron chi connectivity index (χ0n) is 10.6. The number of para-hydroxylation sites is 1. The molecule has 102 valence electrons. The maximum atomic E-state index is 5.97. The molecule has 1 N–H and O–H groups in total. The Morgan fingerprint density at radius 1 is 1.32 bits per heavy atom. The third-order valence-corrected chi connectivity index (χ3v) is 4.89. The minimum atomic E-state index is 0.595. The number of hydrogen-bond acceptors (Lipinski definition) is 3. The van der Waals surface area contributed by atoms with Crippen LogP contribution in [-0.2, 0) is 13.2 Å². The molecule has 0 radical (unpaired) electrons. The van der Waals surface area contributed by atoms with E-state index < -0.39 is 0 Å². The van der Waals surface area contributed by atoms with Crippen LogP contribution >= 0.6 is 43.2 Å². The fourth-order valence-corrected chi connectivity index (χ4v) is 3.57. The molecule has 0 spiro atoms. The molecule has 0 saturated carbocycles. The van der Waals surface area contributed by atoms with E-state index in [0.29, 0.717) is 6.61 Å². The van der Waals surface area contributed by atoms with Crippen LogP contribution < -0.4 is 10.1 Å². The van der Waals surface area contributed by atoms with Gasteiger partial charge in [-0.25, -0.2) is 0 Å². The zero-order chi connectivity index (χ0) is 13.7. The highest BCUT2D eigenvalue weighted by molar-refractivity contribution is 9.10. The lowest BCUT2D eigenvalue weighted by Crippen LogP contribution is -2.13. The van der Waals surface area contributed by atoms with Gasteiger partial charge in [-0.1, -0.05) is 19.1 Å². The van der Waals surface area contributed by atoms with Gasteiger partial charge >= 0.3 is 0 Å². The number of hydrogen-bond donors (Lipinski definition) is 1. The Morgan fingerprint density at radius 2 is 2.16 bits per heavy atom. The predicted molar refractivity (Wildman–Crippen MR) is 87.9 cm³/mol. The summed E-state index contributed by atoms with van der Waals surface area (Å²) in [7, 11) is 0. The van der Waals surface area contributed by atoms with Crippen molar-refractivity contribution in [2.45, 2.75) is 20.1 Å². The van der Waals surface area contributed by atoms with Gasteiger partial charge in [0.2, 0.25) is 0 Å². The van der Waals surface area contributed by atoms with E-state index in [1.165, 1.54) is 10.4 Å². The van der Waals surface area contributed by atoms with Gasteiger partial charge in [-0.05, 0) is 50.5 Å². The number of halogens is 2. The molecular formula is C14H15Br2NOS. The van der Waals surface area contributed by atoms with E-state index in [1.807, 2.05) is 12.1 Å². The monoisotopic (exact) mass is 403 g/mol. The van der Waals surface area contributed by atoms with Crippen LogP contribution in [0.15, 0.2) is 38.6 Å². The highest BCUT2D eigenvalue weighted by Crippen LogP contribution is 2.30. The summed E-state index contributed by atoms with van der Waals surface area (Å²) in [5.41, 5.74) is 1.17. The average Bonchev–Trinajstić information content (AvgIpc) is 2.81. The molecule has 1 aromatic carbocycles. The van der Waals surface area contributed by atoms with Gasteiger partial charge in [0.25, 0.3) is 0 Å². The van der Waals surface area contributed by atoms with Gasteiger partial charge in [0.05, 0.1) is 4.47 Å². The Morgan fingerprint density at radius 3 is 2.84 bits per heavy atom. The van der Waals surface area contributed by atoms with Crippen molar-refractivity contribution in [1.29, 1.82) is 0 Å². The second-order valence-corrected chi connectivity index (χ2v) is 6.79. The first-order valence-corrected chi connectivity index (χ1v) is 8.51. The largest absolute Gasteiger partial charge is 0.487 e. The van der Waals surface area contributed by atoms with E-state index in [9.17, 15) is 0 Å². The van der Waals surface area contributed by atoms with Crippen LogP contribution in [0.25, 0.3) is 0 Å². The third-order valence-electron chi connectivity index (χ3n) is 2.59. The highest BCUT2D eigenvalue weighted by Gasteiger charge is 2.08. The van der Waals surface area contributed by atoms with Crippen molar-refractivity contribution >= 4 is 43.2 Å². The number of benzene rings is 1. The van der Waals surface area contributed by atoms with E-state index in [2.05, 4.69) is 61.6 Å².